The Bertz CT molecular complexity index is 505. The normalized spacial score (nSPS) is 14.6. The van der Waals surface area contributed by atoms with Gasteiger partial charge in [0.25, 0.3) is 0 Å². The molecule has 2 aromatic carbocycles. The smallest absolute Gasteiger partial charge is 0.0584 e. The van der Waals surface area contributed by atoms with Crippen LogP contribution < -0.4 is 5.32 Å². The van der Waals surface area contributed by atoms with Crippen molar-refractivity contribution < 1.29 is 5.11 Å². The Balaban J connectivity index is 2.19. The number of fused-ring (bicyclic) bond motifs is 1. The third-order valence-electron chi connectivity index (χ3n) is 3.47. The fourth-order valence-corrected chi connectivity index (χ4v) is 2.23. The van der Waals surface area contributed by atoms with Gasteiger partial charge < -0.3 is 10.4 Å². The zero-order chi connectivity index (χ0) is 13.0. The van der Waals surface area contributed by atoms with Gasteiger partial charge in [-0.05, 0) is 35.7 Å². The van der Waals surface area contributed by atoms with E-state index in [1.165, 1.54) is 16.3 Å². The van der Waals surface area contributed by atoms with Gasteiger partial charge in [-0.3, -0.25) is 0 Å². The van der Waals surface area contributed by atoms with E-state index < -0.39 is 0 Å². The highest BCUT2D eigenvalue weighted by Crippen LogP contribution is 2.20. The van der Waals surface area contributed by atoms with E-state index >= 15 is 0 Å². The standard InChI is InChI=1S/C16H21NO/c1-3-16(11-18)17-12(2)14-9-8-13-6-4-5-7-15(13)10-14/h4-10,12,16-18H,3,11H2,1-2H3/t12?,16-/m1/s1. The lowest BCUT2D eigenvalue weighted by Gasteiger charge is -2.21. The van der Waals surface area contributed by atoms with Crippen molar-refractivity contribution in [3.63, 3.8) is 0 Å². The molecule has 0 saturated carbocycles. The van der Waals surface area contributed by atoms with Crippen molar-refractivity contribution in [1.82, 2.24) is 5.32 Å². The number of hydrogen-bond acceptors (Lipinski definition) is 2. The number of hydrogen-bond donors (Lipinski definition) is 2. The highest BCUT2D eigenvalue weighted by Gasteiger charge is 2.11. The van der Waals surface area contributed by atoms with Gasteiger partial charge in [-0.1, -0.05) is 43.3 Å². The largest absolute Gasteiger partial charge is 0.395 e. The summed E-state index contributed by atoms with van der Waals surface area (Å²) in [4.78, 5) is 0. The van der Waals surface area contributed by atoms with Gasteiger partial charge in [-0.2, -0.15) is 0 Å². The van der Waals surface area contributed by atoms with E-state index in [2.05, 4.69) is 61.6 Å². The molecule has 18 heavy (non-hydrogen) atoms. The first-order valence-corrected chi connectivity index (χ1v) is 6.60. The minimum absolute atomic E-state index is 0.173. The van der Waals surface area contributed by atoms with Crippen LogP contribution in [0.4, 0.5) is 0 Å². The van der Waals surface area contributed by atoms with Crippen LogP contribution in [0.15, 0.2) is 42.5 Å². The molecule has 0 fully saturated rings. The summed E-state index contributed by atoms with van der Waals surface area (Å²) in [7, 11) is 0. The summed E-state index contributed by atoms with van der Waals surface area (Å²) in [5, 5.41) is 15.2. The second-order valence-electron chi connectivity index (χ2n) is 4.78. The molecule has 96 valence electrons. The van der Waals surface area contributed by atoms with Crippen LogP contribution in [-0.2, 0) is 0 Å². The summed E-state index contributed by atoms with van der Waals surface area (Å²) in [6.07, 6.45) is 0.939. The van der Waals surface area contributed by atoms with Gasteiger partial charge in [-0.25, -0.2) is 0 Å². The van der Waals surface area contributed by atoms with Gasteiger partial charge in [0.05, 0.1) is 6.61 Å². The lowest BCUT2D eigenvalue weighted by molar-refractivity contribution is 0.230. The van der Waals surface area contributed by atoms with E-state index in [1.807, 2.05) is 0 Å². The molecule has 0 heterocycles. The maximum atomic E-state index is 9.23. The van der Waals surface area contributed by atoms with Gasteiger partial charge in [0.1, 0.15) is 0 Å². The molecule has 1 unspecified atom stereocenters. The Labute approximate surface area is 109 Å². The Morgan fingerprint density at radius 3 is 2.50 bits per heavy atom. The Hall–Kier alpha value is -1.38. The molecule has 0 aliphatic heterocycles. The predicted molar refractivity (Wildman–Crippen MR) is 76.7 cm³/mol. The lowest BCUT2D eigenvalue weighted by Crippen LogP contribution is -2.33. The van der Waals surface area contributed by atoms with Crippen molar-refractivity contribution in [2.45, 2.75) is 32.4 Å². The predicted octanol–water partition coefficient (Wildman–Crippen LogP) is 3.26. The first-order chi connectivity index (χ1) is 8.74. The summed E-state index contributed by atoms with van der Waals surface area (Å²) in [6, 6.07) is 15.3. The van der Waals surface area contributed by atoms with Crippen LogP contribution in [0.2, 0.25) is 0 Å². The van der Waals surface area contributed by atoms with Crippen molar-refractivity contribution in [1.29, 1.82) is 0 Å². The molecular weight excluding hydrogens is 222 g/mol. The van der Waals surface area contributed by atoms with Crippen LogP contribution in [0.5, 0.6) is 0 Å². The second-order valence-corrected chi connectivity index (χ2v) is 4.78. The van der Waals surface area contributed by atoms with Gasteiger partial charge >= 0.3 is 0 Å². The van der Waals surface area contributed by atoms with Crippen LogP contribution >= 0.6 is 0 Å². The molecule has 2 atom stereocenters. The van der Waals surface area contributed by atoms with Gasteiger partial charge in [0.2, 0.25) is 0 Å². The first-order valence-electron chi connectivity index (χ1n) is 6.60. The van der Waals surface area contributed by atoms with E-state index in [-0.39, 0.29) is 18.7 Å². The van der Waals surface area contributed by atoms with E-state index in [4.69, 9.17) is 0 Å². The number of nitrogens with one attached hydrogen (secondary N) is 1. The molecule has 0 spiro atoms. The van der Waals surface area contributed by atoms with Crippen LogP contribution in [0.1, 0.15) is 31.9 Å². The monoisotopic (exact) mass is 243 g/mol. The molecule has 2 heteroatoms. The second kappa shape index (κ2) is 5.98. The molecule has 2 aromatic rings. The Morgan fingerprint density at radius 2 is 1.83 bits per heavy atom. The number of benzene rings is 2. The summed E-state index contributed by atoms with van der Waals surface area (Å²) >= 11 is 0. The zero-order valence-electron chi connectivity index (χ0n) is 11.1. The minimum Gasteiger partial charge on any atom is -0.395 e. The summed E-state index contributed by atoms with van der Waals surface area (Å²) < 4.78 is 0. The van der Waals surface area contributed by atoms with Crippen molar-refractivity contribution in [3.05, 3.63) is 48.0 Å². The number of aliphatic hydroxyl groups is 1. The molecule has 0 aliphatic rings. The molecule has 0 aromatic heterocycles. The molecule has 0 aliphatic carbocycles. The molecule has 0 saturated heterocycles. The number of aliphatic hydroxyl groups excluding tert-OH is 1. The average Bonchev–Trinajstić information content (AvgIpc) is 2.44. The fraction of sp³-hybridized carbons (Fsp3) is 0.375. The van der Waals surface area contributed by atoms with Crippen LogP contribution in [0, 0.1) is 0 Å². The van der Waals surface area contributed by atoms with Crippen LogP contribution in [-0.4, -0.2) is 17.8 Å². The Kier molecular flexibility index (Phi) is 4.34. The lowest BCUT2D eigenvalue weighted by atomic mass is 10.0. The van der Waals surface area contributed by atoms with Crippen molar-refractivity contribution in [3.8, 4) is 0 Å². The maximum absolute atomic E-state index is 9.23. The Morgan fingerprint density at radius 1 is 1.11 bits per heavy atom. The molecule has 2 N–H and O–H groups in total. The first kappa shape index (κ1) is 13.1. The highest BCUT2D eigenvalue weighted by molar-refractivity contribution is 5.83. The molecule has 2 nitrogen and oxygen atoms in total. The summed E-state index contributed by atoms with van der Waals surface area (Å²) in [5.74, 6) is 0. The molecule has 0 radical (unpaired) electrons. The SMILES string of the molecule is CC[C@H](CO)NC(C)c1ccc2ccccc2c1. The average molecular weight is 243 g/mol. The van der Waals surface area contributed by atoms with Crippen molar-refractivity contribution in [2.75, 3.05) is 6.61 Å². The van der Waals surface area contributed by atoms with Crippen molar-refractivity contribution >= 4 is 10.8 Å². The van der Waals surface area contributed by atoms with Crippen LogP contribution in [0.3, 0.4) is 0 Å². The van der Waals surface area contributed by atoms with E-state index in [1.54, 1.807) is 0 Å². The van der Waals surface area contributed by atoms with E-state index in [0.717, 1.165) is 6.42 Å². The zero-order valence-corrected chi connectivity index (χ0v) is 11.1. The molecule has 0 bridgehead atoms. The molecule has 0 amide bonds. The fourth-order valence-electron chi connectivity index (χ4n) is 2.23. The quantitative estimate of drug-likeness (QED) is 0.844. The summed E-state index contributed by atoms with van der Waals surface area (Å²) in [6.45, 7) is 4.41. The molecule has 2 rings (SSSR count). The third kappa shape index (κ3) is 2.89. The third-order valence-corrected chi connectivity index (χ3v) is 3.47. The van der Waals surface area contributed by atoms with Crippen LogP contribution in [0.25, 0.3) is 10.8 Å². The van der Waals surface area contributed by atoms with E-state index in [0.29, 0.717) is 0 Å². The topological polar surface area (TPSA) is 32.3 Å². The summed E-state index contributed by atoms with van der Waals surface area (Å²) in [5.41, 5.74) is 1.26. The maximum Gasteiger partial charge on any atom is 0.0584 e. The van der Waals surface area contributed by atoms with Gasteiger partial charge in [0, 0.05) is 12.1 Å². The minimum atomic E-state index is 0.173. The molecular formula is C16H21NO. The highest BCUT2D eigenvalue weighted by atomic mass is 16.3. The van der Waals surface area contributed by atoms with Gasteiger partial charge in [-0.15, -0.1) is 0 Å². The van der Waals surface area contributed by atoms with Crippen molar-refractivity contribution in [2.24, 2.45) is 0 Å². The number of rotatable bonds is 5. The van der Waals surface area contributed by atoms with E-state index in [9.17, 15) is 5.11 Å². The van der Waals surface area contributed by atoms with Gasteiger partial charge in [0.15, 0.2) is 0 Å².